The van der Waals surface area contributed by atoms with Gasteiger partial charge in [-0.05, 0) is 31.9 Å². The zero-order valence-electron chi connectivity index (χ0n) is 13.6. The van der Waals surface area contributed by atoms with E-state index in [2.05, 4.69) is 4.74 Å². The first-order valence-corrected chi connectivity index (χ1v) is 8.42. The normalized spacial score (nSPS) is 13.6. The predicted molar refractivity (Wildman–Crippen MR) is 77.3 cm³/mol. The third-order valence-electron chi connectivity index (χ3n) is 3.45. The number of ether oxygens (including phenoxy) is 1. The zero-order valence-corrected chi connectivity index (χ0v) is 14.4. The first-order valence-electron chi connectivity index (χ1n) is 6.81. The van der Waals surface area contributed by atoms with Crippen LogP contribution >= 0.6 is 0 Å². The van der Waals surface area contributed by atoms with E-state index in [1.165, 1.54) is 26.0 Å². The van der Waals surface area contributed by atoms with Crippen molar-refractivity contribution in [2.45, 2.75) is 38.7 Å². The maximum absolute atomic E-state index is 13.2. The Kier molecular flexibility index (Phi) is 5.75. The smallest absolute Gasteiger partial charge is 0.435 e. The number of benzene rings is 1. The van der Waals surface area contributed by atoms with Gasteiger partial charge in [0.05, 0.1) is 5.56 Å². The quantitative estimate of drug-likeness (QED) is 0.469. The molecule has 0 fully saturated rings. The van der Waals surface area contributed by atoms with Crippen molar-refractivity contribution in [3.63, 3.8) is 0 Å². The maximum Gasteiger partial charge on any atom is 0.438 e. The van der Waals surface area contributed by atoms with Gasteiger partial charge in [-0.25, -0.2) is 4.79 Å². The molecule has 0 saturated carbocycles. The minimum absolute atomic E-state index is 0.0394. The molecular weight excluding hydrogens is 394 g/mol. The molecule has 0 amide bonds. The second kappa shape index (κ2) is 6.72. The molecule has 148 valence electrons. The molecule has 5 nitrogen and oxygen atoms in total. The van der Waals surface area contributed by atoms with Gasteiger partial charge in [-0.3, -0.25) is 4.55 Å². The lowest BCUT2D eigenvalue weighted by Gasteiger charge is -2.35. The van der Waals surface area contributed by atoms with E-state index in [0.717, 1.165) is 0 Å². The van der Waals surface area contributed by atoms with Crippen molar-refractivity contribution >= 4 is 16.1 Å². The van der Waals surface area contributed by atoms with Crippen LogP contribution in [0.15, 0.2) is 12.1 Å². The van der Waals surface area contributed by atoms with Crippen molar-refractivity contribution in [1.82, 2.24) is 0 Å². The fourth-order valence-electron chi connectivity index (χ4n) is 2.44. The molecule has 26 heavy (non-hydrogen) atoms. The average molecular weight is 408 g/mol. The molecule has 1 rings (SSSR count). The Labute approximate surface area is 144 Å². The van der Waals surface area contributed by atoms with Crippen LogP contribution in [-0.2, 0) is 14.9 Å². The Morgan fingerprint density at radius 3 is 1.69 bits per heavy atom. The highest BCUT2D eigenvalue weighted by atomic mass is 32.2. The Balaban J connectivity index is 3.59. The van der Waals surface area contributed by atoms with E-state index in [9.17, 15) is 39.6 Å². The van der Waals surface area contributed by atoms with E-state index in [1.807, 2.05) is 0 Å². The third kappa shape index (κ3) is 4.47. The zero-order chi connectivity index (χ0) is 20.7. The van der Waals surface area contributed by atoms with Crippen LogP contribution in [-0.4, -0.2) is 42.6 Å². The molecule has 0 heterocycles. The van der Waals surface area contributed by atoms with Gasteiger partial charge in [-0.2, -0.15) is 34.8 Å². The second-order valence-corrected chi connectivity index (χ2v) is 7.16. The molecule has 0 bridgehead atoms. The number of hydrogen-bond acceptors (Lipinski definition) is 4. The number of rotatable bonds is 4. The van der Waals surface area contributed by atoms with E-state index in [4.69, 9.17) is 4.55 Å². The highest BCUT2D eigenvalue weighted by Crippen LogP contribution is 2.47. The van der Waals surface area contributed by atoms with Gasteiger partial charge in [0.25, 0.3) is 10.1 Å². The molecule has 1 aromatic carbocycles. The molecule has 12 heteroatoms. The van der Waals surface area contributed by atoms with Crippen molar-refractivity contribution < 1.29 is 48.8 Å². The summed E-state index contributed by atoms with van der Waals surface area (Å²) in [6.45, 7) is 4.12. The molecule has 0 aliphatic rings. The standard InChI is InChI=1S/C14H14F6O5S/c1-7-4-8(2)10(9(3)5-7)11(21)25-12(13(15,16)17,14(18,19)20)6-26(22,23)24/h4-5H,6H2,1-3H3,(H,22,23,24). The van der Waals surface area contributed by atoms with Gasteiger partial charge in [0.1, 0.15) is 5.75 Å². The van der Waals surface area contributed by atoms with E-state index in [-0.39, 0.29) is 11.1 Å². The van der Waals surface area contributed by atoms with Gasteiger partial charge in [0.2, 0.25) is 0 Å². The van der Waals surface area contributed by atoms with E-state index >= 15 is 0 Å². The molecule has 0 aliphatic carbocycles. The first-order chi connectivity index (χ1) is 11.4. The Hall–Kier alpha value is -1.82. The summed E-state index contributed by atoms with van der Waals surface area (Å²) in [5, 5.41) is 0. The molecule has 0 aromatic heterocycles. The molecule has 1 N–H and O–H groups in total. The SMILES string of the molecule is Cc1cc(C)c(C(=O)OC(CS(=O)(=O)O)(C(F)(F)F)C(F)(F)F)c(C)c1. The lowest BCUT2D eigenvalue weighted by molar-refractivity contribution is -0.356. The summed E-state index contributed by atoms with van der Waals surface area (Å²) in [5.41, 5.74) is -5.32. The van der Waals surface area contributed by atoms with Gasteiger partial charge in [0, 0.05) is 0 Å². The van der Waals surface area contributed by atoms with E-state index in [0.29, 0.717) is 5.56 Å². The summed E-state index contributed by atoms with van der Waals surface area (Å²) in [5.74, 6) is -4.93. The lowest BCUT2D eigenvalue weighted by Crippen LogP contribution is -2.63. The Bertz CT molecular complexity index is 773. The Morgan fingerprint density at radius 2 is 1.38 bits per heavy atom. The lowest BCUT2D eigenvalue weighted by atomic mass is 9.99. The van der Waals surface area contributed by atoms with Gasteiger partial charge >= 0.3 is 23.9 Å². The second-order valence-electron chi connectivity index (χ2n) is 5.71. The van der Waals surface area contributed by atoms with Crippen molar-refractivity contribution in [3.8, 4) is 0 Å². The minimum atomic E-state index is -6.36. The summed E-state index contributed by atoms with van der Waals surface area (Å²) < 4.78 is 113. The number of halogens is 6. The van der Waals surface area contributed by atoms with Crippen LogP contribution in [0, 0.1) is 20.8 Å². The van der Waals surface area contributed by atoms with Crippen LogP contribution in [0.2, 0.25) is 0 Å². The topological polar surface area (TPSA) is 80.7 Å². The number of carbonyl (C=O) groups excluding carboxylic acids is 1. The van der Waals surface area contributed by atoms with Gasteiger partial charge in [-0.15, -0.1) is 0 Å². The number of carbonyl (C=O) groups is 1. The van der Waals surface area contributed by atoms with Crippen LogP contribution < -0.4 is 0 Å². The minimum Gasteiger partial charge on any atom is -0.435 e. The molecule has 0 aliphatic heterocycles. The highest BCUT2D eigenvalue weighted by Gasteiger charge is 2.76. The monoisotopic (exact) mass is 408 g/mol. The first kappa shape index (κ1) is 22.2. The fraction of sp³-hybridized carbons (Fsp3) is 0.500. The largest absolute Gasteiger partial charge is 0.438 e. The van der Waals surface area contributed by atoms with Gasteiger partial charge in [-0.1, -0.05) is 17.7 Å². The molecule has 0 unspecified atom stereocenters. The summed E-state index contributed by atoms with van der Waals surface area (Å²) in [7, 11) is -5.82. The summed E-state index contributed by atoms with van der Waals surface area (Å²) in [4.78, 5) is 12.1. The molecule has 0 spiro atoms. The molecular formula is C14H14F6O5S. The van der Waals surface area contributed by atoms with Crippen LogP contribution in [0.4, 0.5) is 26.3 Å². The third-order valence-corrected chi connectivity index (χ3v) is 4.22. The number of aryl methyl sites for hydroxylation is 3. The number of hydrogen-bond donors (Lipinski definition) is 1. The van der Waals surface area contributed by atoms with Crippen molar-refractivity contribution in [1.29, 1.82) is 0 Å². The number of alkyl halides is 6. The van der Waals surface area contributed by atoms with Crippen molar-refractivity contribution in [2.75, 3.05) is 5.75 Å². The summed E-state index contributed by atoms with van der Waals surface area (Å²) in [6, 6.07) is 2.66. The molecule has 0 saturated heterocycles. The van der Waals surface area contributed by atoms with Crippen LogP contribution in [0.25, 0.3) is 0 Å². The molecule has 1 aromatic rings. The summed E-state index contributed by atoms with van der Waals surface area (Å²) >= 11 is 0. The van der Waals surface area contributed by atoms with Crippen LogP contribution in [0.3, 0.4) is 0 Å². The molecule has 0 radical (unpaired) electrons. The van der Waals surface area contributed by atoms with Crippen molar-refractivity contribution in [2.24, 2.45) is 0 Å². The summed E-state index contributed by atoms with van der Waals surface area (Å²) in [6.07, 6.45) is -12.7. The van der Waals surface area contributed by atoms with Crippen molar-refractivity contribution in [3.05, 3.63) is 34.4 Å². The highest BCUT2D eigenvalue weighted by molar-refractivity contribution is 7.85. The van der Waals surface area contributed by atoms with E-state index < -0.39 is 45.4 Å². The van der Waals surface area contributed by atoms with Gasteiger partial charge < -0.3 is 4.74 Å². The Morgan fingerprint density at radius 1 is 1.00 bits per heavy atom. The maximum atomic E-state index is 13.2. The predicted octanol–water partition coefficient (Wildman–Crippen LogP) is 3.52. The van der Waals surface area contributed by atoms with E-state index in [1.54, 1.807) is 6.92 Å². The van der Waals surface area contributed by atoms with Crippen LogP contribution in [0.5, 0.6) is 0 Å². The van der Waals surface area contributed by atoms with Gasteiger partial charge in [0.15, 0.2) is 0 Å². The fourth-order valence-corrected chi connectivity index (χ4v) is 3.34. The number of esters is 1. The average Bonchev–Trinajstić information content (AvgIpc) is 2.31. The molecule has 0 atom stereocenters. The van der Waals surface area contributed by atoms with Crippen LogP contribution in [0.1, 0.15) is 27.0 Å².